The summed E-state index contributed by atoms with van der Waals surface area (Å²) in [5.74, 6) is -1.02. The molecule has 0 fully saturated rings. The van der Waals surface area contributed by atoms with E-state index in [9.17, 15) is 14.4 Å². The van der Waals surface area contributed by atoms with Gasteiger partial charge in [-0.05, 0) is 44.9 Å². The first-order valence-corrected chi connectivity index (χ1v) is 33.8. The van der Waals surface area contributed by atoms with E-state index in [0.29, 0.717) is 12.8 Å². The second-order valence-corrected chi connectivity index (χ2v) is 22.7. The molecule has 0 rings (SSSR count). The maximum Gasteiger partial charge on any atom is 0.310 e. The quantitative estimate of drug-likeness (QED) is 0.0261. The summed E-state index contributed by atoms with van der Waals surface area (Å²) in [4.78, 5) is 38.2. The zero-order chi connectivity index (χ0) is 55.7. The molecule has 0 bridgehead atoms. The molecule has 0 saturated heterocycles. The number of carbonyl (C=O) groups is 3. The Labute approximate surface area is 479 Å². The Bertz CT molecular complexity index is 1380. The minimum absolute atomic E-state index is 0.102. The molecule has 0 aromatic carbocycles. The fraction of sp³-hybridized carbons (Fsp3) is 0.817. The maximum atomic E-state index is 12.8. The summed E-state index contributed by atoms with van der Waals surface area (Å²) >= 11 is 0. The molecule has 1 unspecified atom stereocenters. The smallest absolute Gasteiger partial charge is 0.310 e. The molecule has 0 aliphatic heterocycles. The Kier molecular flexibility index (Phi) is 63.2. The number of hydrogen-bond acceptors (Lipinski definition) is 6. The van der Waals surface area contributed by atoms with Crippen LogP contribution in [-0.4, -0.2) is 37.2 Å². The van der Waals surface area contributed by atoms with E-state index >= 15 is 0 Å². The SMILES string of the molecule is CC/C=C\C/C=C\C/C=C\C/C=C\C/C=C\CC(=O)OC(COC(=O)CCCCCCCCCCCCCCCC)COC(=O)CCCCCCCCCCCCCCCCCCCCCCCCCCCCCCCC. The lowest BCUT2D eigenvalue weighted by atomic mass is 10.0. The molecule has 0 heterocycles. The fourth-order valence-electron chi connectivity index (χ4n) is 10.1. The lowest BCUT2D eigenvalue weighted by Gasteiger charge is -2.18. The third-order valence-corrected chi connectivity index (χ3v) is 15.1. The number of ether oxygens (including phenoxy) is 3. The van der Waals surface area contributed by atoms with Crippen LogP contribution in [-0.2, 0) is 28.6 Å². The van der Waals surface area contributed by atoms with Crippen molar-refractivity contribution in [3.63, 3.8) is 0 Å². The van der Waals surface area contributed by atoms with Gasteiger partial charge in [0.15, 0.2) is 6.10 Å². The van der Waals surface area contributed by atoms with Crippen LogP contribution in [0.4, 0.5) is 0 Å². The number of unbranched alkanes of at least 4 members (excludes halogenated alkanes) is 42. The molecule has 0 aromatic rings. The van der Waals surface area contributed by atoms with E-state index in [2.05, 4.69) is 69.4 Å². The van der Waals surface area contributed by atoms with Gasteiger partial charge in [0.25, 0.3) is 0 Å². The molecule has 6 nitrogen and oxygen atoms in total. The first-order valence-electron chi connectivity index (χ1n) is 33.8. The summed E-state index contributed by atoms with van der Waals surface area (Å²) in [6, 6.07) is 0. The van der Waals surface area contributed by atoms with E-state index in [1.165, 1.54) is 244 Å². The van der Waals surface area contributed by atoms with E-state index in [1.54, 1.807) is 6.08 Å². The van der Waals surface area contributed by atoms with Gasteiger partial charge >= 0.3 is 17.9 Å². The molecule has 0 amide bonds. The Hall–Kier alpha value is -2.89. The van der Waals surface area contributed by atoms with Gasteiger partial charge in [-0.25, -0.2) is 0 Å². The number of hydrogen-bond donors (Lipinski definition) is 0. The predicted molar refractivity (Wildman–Crippen MR) is 335 cm³/mol. The number of rotatable bonds is 62. The Balaban J connectivity index is 4.20. The first kappa shape index (κ1) is 74.1. The molecular formula is C71H128O6. The molecule has 6 heteroatoms. The average Bonchev–Trinajstić information content (AvgIpc) is 3.43. The first-order chi connectivity index (χ1) is 38.0. The maximum absolute atomic E-state index is 12.8. The highest BCUT2D eigenvalue weighted by Crippen LogP contribution is 2.18. The standard InChI is InChI=1S/C71H128O6/c1-4-7-10-13-16-19-22-25-28-29-30-31-32-33-34-35-36-37-38-39-40-41-42-44-46-49-52-55-58-61-64-70(73)76-67-68(66-75-69(72)63-60-57-54-51-48-45-27-24-21-18-15-12-9-6-3)77-71(74)65-62-59-56-53-50-47-43-26-23-20-17-14-11-8-5-2/h8,11,17,20,26,43,50,53,59,62,68H,4-7,9-10,12-16,18-19,21-25,27-42,44-49,51-52,54-58,60-61,63-67H2,1-3H3/b11-8-,20-17-,43-26-,53-50-,62-59-. The van der Waals surface area contributed by atoms with Crippen molar-refractivity contribution in [1.29, 1.82) is 0 Å². The van der Waals surface area contributed by atoms with Gasteiger partial charge in [-0.15, -0.1) is 0 Å². The highest BCUT2D eigenvalue weighted by molar-refractivity contribution is 5.72. The summed E-state index contributed by atoms with van der Waals surface area (Å²) in [5, 5.41) is 0. The molecule has 1 atom stereocenters. The highest BCUT2D eigenvalue weighted by atomic mass is 16.6. The van der Waals surface area contributed by atoms with Crippen molar-refractivity contribution in [2.75, 3.05) is 13.2 Å². The zero-order valence-electron chi connectivity index (χ0n) is 51.5. The van der Waals surface area contributed by atoms with Crippen LogP contribution >= 0.6 is 0 Å². The van der Waals surface area contributed by atoms with Gasteiger partial charge in [0, 0.05) is 12.8 Å². The molecular weight excluding hydrogens is 949 g/mol. The largest absolute Gasteiger partial charge is 0.462 e. The number of carbonyl (C=O) groups excluding carboxylic acids is 3. The van der Waals surface area contributed by atoms with E-state index in [1.807, 2.05) is 6.08 Å². The Morgan fingerprint density at radius 2 is 0.494 bits per heavy atom. The summed E-state index contributed by atoms with van der Waals surface area (Å²) in [7, 11) is 0. The van der Waals surface area contributed by atoms with Gasteiger partial charge in [-0.1, -0.05) is 351 Å². The van der Waals surface area contributed by atoms with Gasteiger partial charge in [0.2, 0.25) is 0 Å². The van der Waals surface area contributed by atoms with Crippen LogP contribution in [0.5, 0.6) is 0 Å². The Morgan fingerprint density at radius 3 is 0.740 bits per heavy atom. The molecule has 77 heavy (non-hydrogen) atoms. The van der Waals surface area contributed by atoms with Crippen LogP contribution in [0.2, 0.25) is 0 Å². The molecule has 0 spiro atoms. The summed E-state index contributed by atoms with van der Waals surface area (Å²) in [6.45, 7) is 6.50. The van der Waals surface area contributed by atoms with E-state index < -0.39 is 12.1 Å². The van der Waals surface area contributed by atoms with Crippen molar-refractivity contribution < 1.29 is 28.6 Å². The third kappa shape index (κ3) is 63.8. The second-order valence-electron chi connectivity index (χ2n) is 22.7. The van der Waals surface area contributed by atoms with Crippen LogP contribution in [0, 0.1) is 0 Å². The average molecular weight is 1080 g/mol. The minimum Gasteiger partial charge on any atom is -0.462 e. The molecule has 448 valence electrons. The lowest BCUT2D eigenvalue weighted by molar-refractivity contribution is -0.166. The number of esters is 3. The van der Waals surface area contributed by atoms with E-state index in [0.717, 1.165) is 70.6 Å². The Morgan fingerprint density at radius 1 is 0.273 bits per heavy atom. The zero-order valence-corrected chi connectivity index (χ0v) is 51.5. The molecule has 0 aliphatic rings. The van der Waals surface area contributed by atoms with Crippen molar-refractivity contribution in [3.8, 4) is 0 Å². The van der Waals surface area contributed by atoms with Crippen LogP contribution in [0.3, 0.4) is 0 Å². The van der Waals surface area contributed by atoms with Crippen molar-refractivity contribution >= 4 is 17.9 Å². The van der Waals surface area contributed by atoms with Crippen molar-refractivity contribution in [2.45, 2.75) is 361 Å². The topological polar surface area (TPSA) is 78.9 Å². The van der Waals surface area contributed by atoms with Gasteiger partial charge in [-0.2, -0.15) is 0 Å². The van der Waals surface area contributed by atoms with E-state index in [4.69, 9.17) is 14.2 Å². The van der Waals surface area contributed by atoms with Crippen LogP contribution in [0.1, 0.15) is 355 Å². The van der Waals surface area contributed by atoms with Crippen molar-refractivity contribution in [2.24, 2.45) is 0 Å². The van der Waals surface area contributed by atoms with Crippen LogP contribution in [0.15, 0.2) is 60.8 Å². The third-order valence-electron chi connectivity index (χ3n) is 15.1. The van der Waals surface area contributed by atoms with Gasteiger partial charge in [0.05, 0.1) is 6.42 Å². The van der Waals surface area contributed by atoms with Crippen LogP contribution < -0.4 is 0 Å². The summed E-state index contributed by atoms with van der Waals surface area (Å²) in [6.07, 6.45) is 84.3. The van der Waals surface area contributed by atoms with Crippen molar-refractivity contribution in [1.82, 2.24) is 0 Å². The fourth-order valence-corrected chi connectivity index (χ4v) is 10.1. The predicted octanol–water partition coefficient (Wildman–Crippen LogP) is 23.1. The molecule has 0 aromatic heterocycles. The minimum atomic E-state index is -0.826. The molecule has 0 N–H and O–H groups in total. The van der Waals surface area contributed by atoms with E-state index in [-0.39, 0.29) is 31.6 Å². The van der Waals surface area contributed by atoms with Gasteiger partial charge in [0.1, 0.15) is 13.2 Å². The number of allylic oxidation sites excluding steroid dienone is 9. The highest BCUT2D eigenvalue weighted by Gasteiger charge is 2.19. The molecule has 0 radical (unpaired) electrons. The molecule has 0 aliphatic carbocycles. The van der Waals surface area contributed by atoms with Gasteiger partial charge in [-0.3, -0.25) is 14.4 Å². The second kappa shape index (κ2) is 65.6. The van der Waals surface area contributed by atoms with Crippen molar-refractivity contribution in [3.05, 3.63) is 60.8 Å². The lowest BCUT2D eigenvalue weighted by Crippen LogP contribution is -2.30. The van der Waals surface area contributed by atoms with Crippen LogP contribution in [0.25, 0.3) is 0 Å². The summed E-state index contributed by atoms with van der Waals surface area (Å²) < 4.78 is 16.8. The monoisotopic (exact) mass is 1080 g/mol. The van der Waals surface area contributed by atoms with Gasteiger partial charge < -0.3 is 14.2 Å². The summed E-state index contributed by atoms with van der Waals surface area (Å²) in [5.41, 5.74) is 0. The normalized spacial score (nSPS) is 12.4. The molecule has 0 saturated carbocycles.